The molecule has 0 amide bonds. The highest BCUT2D eigenvalue weighted by atomic mass is 35.5. The van der Waals surface area contributed by atoms with Crippen LogP contribution in [0.1, 0.15) is 0 Å². The van der Waals surface area contributed by atoms with Gasteiger partial charge in [0.15, 0.2) is 0 Å². The quantitative estimate of drug-likeness (QED) is 0.364. The second-order valence-corrected chi connectivity index (χ2v) is 4.44. The molecule has 0 aliphatic rings. The lowest BCUT2D eigenvalue weighted by Crippen LogP contribution is -1.91. The number of rotatable bonds is 1. The third kappa shape index (κ3) is 1.52. The van der Waals surface area contributed by atoms with E-state index in [0.29, 0.717) is 5.39 Å². The summed E-state index contributed by atoms with van der Waals surface area (Å²) < 4.78 is 0. The van der Waals surface area contributed by atoms with Crippen molar-refractivity contribution in [2.24, 2.45) is 0 Å². The lowest BCUT2D eigenvalue weighted by Gasteiger charge is -2.05. The minimum absolute atomic E-state index is 0.0279. The summed E-state index contributed by atoms with van der Waals surface area (Å²) in [5.41, 5.74) is -0.0279. The van der Waals surface area contributed by atoms with E-state index in [1.807, 2.05) is 36.4 Å². The van der Waals surface area contributed by atoms with Crippen molar-refractivity contribution in [3.63, 3.8) is 0 Å². The molecule has 0 radical (unpaired) electrons. The predicted molar refractivity (Wildman–Crippen MR) is 73.1 cm³/mol. The van der Waals surface area contributed by atoms with Gasteiger partial charge in [-0.1, -0.05) is 48.0 Å². The fraction of sp³-hybridized carbons (Fsp3) is 0. The molecule has 0 aliphatic heterocycles. The molecule has 88 valence electrons. The van der Waals surface area contributed by atoms with Crippen molar-refractivity contribution in [3.05, 3.63) is 63.7 Å². The highest BCUT2D eigenvalue weighted by molar-refractivity contribution is 6.34. The topological polar surface area (TPSA) is 43.1 Å². The molecule has 3 aromatic rings. The zero-order valence-electron chi connectivity index (χ0n) is 9.26. The highest BCUT2D eigenvalue weighted by Crippen LogP contribution is 2.36. The maximum atomic E-state index is 11.1. The smallest absolute Gasteiger partial charge is 0.258 e. The Labute approximate surface area is 108 Å². The summed E-state index contributed by atoms with van der Waals surface area (Å²) in [5, 5.41) is 14.7. The Balaban J connectivity index is 2.55. The van der Waals surface area contributed by atoms with Crippen molar-refractivity contribution in [1.29, 1.82) is 0 Å². The first-order valence-corrected chi connectivity index (χ1v) is 5.80. The minimum Gasteiger partial charge on any atom is -0.258 e. The highest BCUT2D eigenvalue weighted by Gasteiger charge is 2.17. The standard InChI is InChI=1S/C14H8ClNO2/c15-13-8-7-11-10-4-2-1-3-9(10)5-6-12(11)14(13)16(17)18/h1-8H. The molecule has 3 aromatic carbocycles. The Morgan fingerprint density at radius 1 is 0.889 bits per heavy atom. The van der Waals surface area contributed by atoms with Crippen LogP contribution >= 0.6 is 11.6 Å². The second kappa shape index (κ2) is 3.96. The third-order valence-corrected chi connectivity index (χ3v) is 3.34. The number of nitrogens with zero attached hydrogens (tertiary/aromatic N) is 1. The molecule has 0 bridgehead atoms. The van der Waals surface area contributed by atoms with Gasteiger partial charge in [-0.25, -0.2) is 0 Å². The number of halogens is 1. The summed E-state index contributed by atoms with van der Waals surface area (Å²) in [5.74, 6) is 0. The van der Waals surface area contributed by atoms with Crippen LogP contribution in [0, 0.1) is 10.1 Å². The van der Waals surface area contributed by atoms with Crippen LogP contribution < -0.4 is 0 Å². The molecule has 18 heavy (non-hydrogen) atoms. The molecule has 3 rings (SSSR count). The van der Waals surface area contributed by atoms with Crippen molar-refractivity contribution in [3.8, 4) is 0 Å². The van der Waals surface area contributed by atoms with E-state index in [1.54, 1.807) is 12.1 Å². The first-order chi connectivity index (χ1) is 8.68. The van der Waals surface area contributed by atoms with Crippen molar-refractivity contribution in [1.82, 2.24) is 0 Å². The van der Waals surface area contributed by atoms with Crippen molar-refractivity contribution in [2.45, 2.75) is 0 Å². The maximum absolute atomic E-state index is 11.1. The Morgan fingerprint density at radius 2 is 1.61 bits per heavy atom. The fourth-order valence-electron chi connectivity index (χ4n) is 2.23. The molecule has 0 spiro atoms. The van der Waals surface area contributed by atoms with Gasteiger partial charge in [-0.05, 0) is 28.3 Å². The molecule has 0 unspecified atom stereocenters. The Bertz CT molecular complexity index is 783. The van der Waals surface area contributed by atoms with E-state index < -0.39 is 4.92 Å². The fourth-order valence-corrected chi connectivity index (χ4v) is 2.47. The average molecular weight is 258 g/mol. The van der Waals surface area contributed by atoms with Gasteiger partial charge in [-0.2, -0.15) is 0 Å². The van der Waals surface area contributed by atoms with Crippen LogP contribution in [0.2, 0.25) is 5.02 Å². The lowest BCUT2D eigenvalue weighted by atomic mass is 10.0. The van der Waals surface area contributed by atoms with E-state index in [4.69, 9.17) is 11.6 Å². The van der Waals surface area contributed by atoms with Crippen LogP contribution in [0.15, 0.2) is 48.5 Å². The first kappa shape index (κ1) is 11.0. The van der Waals surface area contributed by atoms with Crippen molar-refractivity contribution < 1.29 is 4.92 Å². The molecule has 0 N–H and O–H groups in total. The van der Waals surface area contributed by atoms with E-state index in [2.05, 4.69) is 0 Å². The van der Waals surface area contributed by atoms with Gasteiger partial charge in [0, 0.05) is 0 Å². The molecule has 0 atom stereocenters. The van der Waals surface area contributed by atoms with E-state index in [0.717, 1.165) is 16.2 Å². The lowest BCUT2D eigenvalue weighted by molar-refractivity contribution is -0.382. The molecule has 0 heterocycles. The molecular formula is C14H8ClNO2. The molecule has 0 saturated heterocycles. The monoisotopic (exact) mass is 257 g/mol. The summed E-state index contributed by atoms with van der Waals surface area (Å²) in [6, 6.07) is 14.8. The SMILES string of the molecule is O=[N+]([O-])c1c(Cl)ccc2c1ccc1ccccc12. The number of benzene rings is 3. The van der Waals surface area contributed by atoms with Gasteiger partial charge in [-0.15, -0.1) is 0 Å². The summed E-state index contributed by atoms with van der Waals surface area (Å²) in [4.78, 5) is 10.7. The summed E-state index contributed by atoms with van der Waals surface area (Å²) in [6.45, 7) is 0. The molecule has 0 fully saturated rings. The molecular weight excluding hydrogens is 250 g/mol. The predicted octanol–water partition coefficient (Wildman–Crippen LogP) is 4.55. The third-order valence-electron chi connectivity index (χ3n) is 3.03. The normalized spacial score (nSPS) is 10.9. The largest absolute Gasteiger partial charge is 0.295 e. The minimum atomic E-state index is -0.431. The Hall–Kier alpha value is -2.13. The number of hydrogen-bond acceptors (Lipinski definition) is 2. The summed E-state index contributed by atoms with van der Waals surface area (Å²) in [7, 11) is 0. The average Bonchev–Trinajstić information content (AvgIpc) is 2.37. The maximum Gasteiger partial charge on any atom is 0.295 e. The van der Waals surface area contributed by atoms with Gasteiger partial charge >= 0.3 is 0 Å². The van der Waals surface area contributed by atoms with Crippen molar-refractivity contribution in [2.75, 3.05) is 0 Å². The van der Waals surface area contributed by atoms with Gasteiger partial charge in [-0.3, -0.25) is 10.1 Å². The number of nitro groups is 1. The van der Waals surface area contributed by atoms with Gasteiger partial charge in [0.25, 0.3) is 5.69 Å². The van der Waals surface area contributed by atoms with Crippen LogP contribution in [-0.4, -0.2) is 4.92 Å². The van der Waals surface area contributed by atoms with E-state index in [9.17, 15) is 10.1 Å². The van der Waals surface area contributed by atoms with Crippen LogP contribution in [0.25, 0.3) is 21.5 Å². The van der Waals surface area contributed by atoms with E-state index >= 15 is 0 Å². The van der Waals surface area contributed by atoms with Gasteiger partial charge in [0.1, 0.15) is 5.02 Å². The number of fused-ring (bicyclic) bond motifs is 3. The van der Waals surface area contributed by atoms with Crippen LogP contribution in [0.3, 0.4) is 0 Å². The summed E-state index contributed by atoms with van der Waals surface area (Å²) in [6.07, 6.45) is 0. The van der Waals surface area contributed by atoms with E-state index in [1.165, 1.54) is 0 Å². The molecule has 3 nitrogen and oxygen atoms in total. The Kier molecular flexibility index (Phi) is 2.42. The van der Waals surface area contributed by atoms with Gasteiger partial charge < -0.3 is 0 Å². The summed E-state index contributed by atoms with van der Waals surface area (Å²) >= 11 is 5.91. The zero-order valence-corrected chi connectivity index (χ0v) is 10.0. The van der Waals surface area contributed by atoms with Crippen LogP contribution in [-0.2, 0) is 0 Å². The second-order valence-electron chi connectivity index (χ2n) is 4.03. The zero-order chi connectivity index (χ0) is 12.7. The van der Waals surface area contributed by atoms with Gasteiger partial charge in [0.2, 0.25) is 0 Å². The van der Waals surface area contributed by atoms with Crippen LogP contribution in [0.5, 0.6) is 0 Å². The first-order valence-electron chi connectivity index (χ1n) is 5.43. The number of nitro benzene ring substituents is 1. The van der Waals surface area contributed by atoms with E-state index in [-0.39, 0.29) is 10.7 Å². The molecule has 0 saturated carbocycles. The molecule has 0 aromatic heterocycles. The van der Waals surface area contributed by atoms with Crippen molar-refractivity contribution >= 4 is 38.8 Å². The van der Waals surface area contributed by atoms with Gasteiger partial charge in [0.05, 0.1) is 10.3 Å². The Morgan fingerprint density at radius 3 is 2.39 bits per heavy atom. The number of hydrogen-bond donors (Lipinski definition) is 0. The van der Waals surface area contributed by atoms with Crippen LogP contribution in [0.4, 0.5) is 5.69 Å². The molecule has 0 aliphatic carbocycles. The molecule has 4 heteroatoms.